The number of alkyl halides is 3. The smallest absolute Gasteiger partial charge is 0.321 e. The number of nitrogens with one attached hydrogen (secondary N) is 2. The van der Waals surface area contributed by atoms with Gasteiger partial charge in [0.05, 0.1) is 10.2 Å². The number of amides is 1. The Bertz CT molecular complexity index is 1160. The predicted molar refractivity (Wildman–Crippen MR) is 101 cm³/mol. The molecular weight excluding hydrogens is 389 g/mol. The minimum Gasteiger partial charge on any atom is -0.321 e. The molecule has 5 nitrogen and oxygen atoms in total. The Labute approximate surface area is 161 Å². The number of nitrogens with zero attached hydrogens (tertiary/aromatic N) is 2. The Morgan fingerprint density at radius 1 is 1.11 bits per heavy atom. The summed E-state index contributed by atoms with van der Waals surface area (Å²) in [6.07, 6.45) is -4.58. The molecular formula is C19H13F3N4OS. The van der Waals surface area contributed by atoms with E-state index >= 15 is 0 Å². The van der Waals surface area contributed by atoms with Crippen molar-refractivity contribution < 1.29 is 18.0 Å². The minimum absolute atomic E-state index is 0.335. The molecule has 0 atom stereocenters. The molecule has 0 saturated carbocycles. The molecule has 2 heterocycles. The summed E-state index contributed by atoms with van der Waals surface area (Å²) >= 11 is 1.57. The molecule has 9 heteroatoms. The van der Waals surface area contributed by atoms with E-state index in [0.29, 0.717) is 11.8 Å². The van der Waals surface area contributed by atoms with Crippen molar-refractivity contribution in [1.82, 2.24) is 15.2 Å². The molecule has 2 aromatic heterocycles. The van der Waals surface area contributed by atoms with Crippen LogP contribution in [0, 0.1) is 6.92 Å². The zero-order chi connectivity index (χ0) is 19.9. The fourth-order valence-corrected chi connectivity index (χ4v) is 3.70. The average Bonchev–Trinajstić information content (AvgIpc) is 3.29. The largest absolute Gasteiger partial charge is 0.432 e. The maximum atomic E-state index is 12.6. The Morgan fingerprint density at radius 3 is 2.54 bits per heavy atom. The minimum atomic E-state index is -4.58. The standard InChI is InChI=1S/C19H13F3N4OS/c1-10-2-7-13-15(8-10)28-18(24-13)11-3-5-12(6-4-11)23-17(27)14-9-16(26-25-14)19(20,21)22/h2-9H,1H3,(H,23,27)(H,25,26). The maximum absolute atomic E-state index is 12.6. The van der Waals surface area contributed by atoms with E-state index in [1.807, 2.05) is 24.2 Å². The lowest BCUT2D eigenvalue weighted by Gasteiger charge is -2.04. The van der Waals surface area contributed by atoms with Crippen LogP contribution >= 0.6 is 11.3 Å². The summed E-state index contributed by atoms with van der Waals surface area (Å²) in [5.41, 5.74) is 2.00. The van der Waals surface area contributed by atoms with Gasteiger partial charge in [-0.1, -0.05) is 6.07 Å². The normalized spacial score (nSPS) is 11.7. The van der Waals surface area contributed by atoms with Gasteiger partial charge in [0.2, 0.25) is 0 Å². The second kappa shape index (κ2) is 6.75. The molecule has 4 aromatic rings. The molecule has 0 radical (unpaired) electrons. The number of anilines is 1. The summed E-state index contributed by atoms with van der Waals surface area (Å²) in [6.45, 7) is 2.02. The van der Waals surface area contributed by atoms with Crippen molar-refractivity contribution in [3.63, 3.8) is 0 Å². The first kappa shape index (κ1) is 18.2. The monoisotopic (exact) mass is 402 g/mol. The number of hydrogen-bond acceptors (Lipinski definition) is 4. The van der Waals surface area contributed by atoms with E-state index in [0.717, 1.165) is 26.4 Å². The molecule has 0 aliphatic heterocycles. The zero-order valence-electron chi connectivity index (χ0n) is 14.5. The topological polar surface area (TPSA) is 70.7 Å². The van der Waals surface area contributed by atoms with Crippen LogP contribution in [-0.4, -0.2) is 21.1 Å². The van der Waals surface area contributed by atoms with Crippen LogP contribution in [0.15, 0.2) is 48.5 Å². The van der Waals surface area contributed by atoms with Gasteiger partial charge in [-0.25, -0.2) is 4.98 Å². The summed E-state index contributed by atoms with van der Waals surface area (Å²) in [5, 5.41) is 8.60. The zero-order valence-corrected chi connectivity index (χ0v) is 15.3. The second-order valence-electron chi connectivity index (χ2n) is 6.19. The first-order valence-electron chi connectivity index (χ1n) is 8.21. The number of aryl methyl sites for hydroxylation is 1. The van der Waals surface area contributed by atoms with Crippen LogP contribution in [0.2, 0.25) is 0 Å². The van der Waals surface area contributed by atoms with E-state index in [9.17, 15) is 18.0 Å². The van der Waals surface area contributed by atoms with Crippen LogP contribution < -0.4 is 5.32 Å². The number of halogens is 3. The number of thiazole rings is 1. The van der Waals surface area contributed by atoms with Gasteiger partial charge >= 0.3 is 6.18 Å². The molecule has 2 aromatic carbocycles. The van der Waals surface area contributed by atoms with E-state index in [1.165, 1.54) is 0 Å². The molecule has 4 rings (SSSR count). The number of benzene rings is 2. The highest BCUT2D eigenvalue weighted by Crippen LogP contribution is 2.31. The van der Waals surface area contributed by atoms with E-state index in [-0.39, 0.29) is 5.69 Å². The van der Waals surface area contributed by atoms with Gasteiger partial charge in [-0.2, -0.15) is 18.3 Å². The van der Waals surface area contributed by atoms with Crippen molar-refractivity contribution in [2.45, 2.75) is 13.1 Å². The Hall–Kier alpha value is -3.20. The molecule has 142 valence electrons. The van der Waals surface area contributed by atoms with Crippen molar-refractivity contribution in [1.29, 1.82) is 0 Å². The summed E-state index contributed by atoms with van der Waals surface area (Å²) < 4.78 is 38.9. The highest BCUT2D eigenvalue weighted by atomic mass is 32.1. The van der Waals surface area contributed by atoms with Crippen LogP contribution in [0.3, 0.4) is 0 Å². The summed E-state index contributed by atoms with van der Waals surface area (Å²) in [6, 6.07) is 13.7. The predicted octanol–water partition coefficient (Wildman–Crippen LogP) is 5.27. The molecule has 0 fully saturated rings. The van der Waals surface area contributed by atoms with Gasteiger partial charge in [0, 0.05) is 17.3 Å². The van der Waals surface area contributed by atoms with Crippen LogP contribution in [0.1, 0.15) is 21.7 Å². The molecule has 2 N–H and O–H groups in total. The molecule has 0 aliphatic rings. The number of aromatic nitrogens is 3. The highest BCUT2D eigenvalue weighted by Gasteiger charge is 2.33. The van der Waals surface area contributed by atoms with Crippen molar-refractivity contribution in [3.05, 3.63) is 65.5 Å². The Morgan fingerprint density at radius 2 is 1.86 bits per heavy atom. The number of carbonyl (C=O) groups is 1. The molecule has 0 unspecified atom stereocenters. The number of hydrogen-bond donors (Lipinski definition) is 2. The Balaban J connectivity index is 1.51. The summed E-state index contributed by atoms with van der Waals surface area (Å²) in [7, 11) is 0. The van der Waals surface area contributed by atoms with Crippen LogP contribution in [0.5, 0.6) is 0 Å². The first-order valence-corrected chi connectivity index (χ1v) is 9.03. The van der Waals surface area contributed by atoms with Gasteiger partial charge < -0.3 is 5.32 Å². The molecule has 28 heavy (non-hydrogen) atoms. The molecule has 0 saturated heterocycles. The van der Waals surface area contributed by atoms with Crippen LogP contribution in [-0.2, 0) is 6.18 Å². The number of aromatic amines is 1. The second-order valence-corrected chi connectivity index (χ2v) is 7.22. The van der Waals surface area contributed by atoms with Gasteiger partial charge in [-0.05, 0) is 48.9 Å². The number of carbonyl (C=O) groups excluding carboxylic acids is 1. The molecule has 0 aliphatic carbocycles. The first-order chi connectivity index (χ1) is 13.3. The summed E-state index contributed by atoms with van der Waals surface area (Å²) in [4.78, 5) is 16.7. The Kier molecular flexibility index (Phi) is 4.38. The third-order valence-corrected chi connectivity index (χ3v) is 5.12. The van der Waals surface area contributed by atoms with Gasteiger partial charge in [0.15, 0.2) is 5.69 Å². The van der Waals surface area contributed by atoms with Crippen molar-refractivity contribution in [2.24, 2.45) is 0 Å². The van der Waals surface area contributed by atoms with Crippen LogP contribution in [0.25, 0.3) is 20.8 Å². The third kappa shape index (κ3) is 3.61. The fraction of sp³-hybridized carbons (Fsp3) is 0.105. The van der Waals surface area contributed by atoms with Crippen LogP contribution in [0.4, 0.5) is 18.9 Å². The highest BCUT2D eigenvalue weighted by molar-refractivity contribution is 7.21. The number of H-pyrrole nitrogens is 1. The quantitative estimate of drug-likeness (QED) is 0.491. The third-order valence-electron chi connectivity index (χ3n) is 4.05. The van der Waals surface area contributed by atoms with Gasteiger partial charge in [0.1, 0.15) is 10.7 Å². The number of rotatable bonds is 3. The fourth-order valence-electron chi connectivity index (χ4n) is 2.63. The van der Waals surface area contributed by atoms with E-state index in [2.05, 4.69) is 21.5 Å². The number of fused-ring (bicyclic) bond motifs is 1. The lowest BCUT2D eigenvalue weighted by molar-refractivity contribution is -0.141. The molecule has 0 spiro atoms. The summed E-state index contributed by atoms with van der Waals surface area (Å²) in [5.74, 6) is -0.727. The average molecular weight is 402 g/mol. The molecule has 1 amide bonds. The SMILES string of the molecule is Cc1ccc2nc(-c3ccc(NC(=O)c4cc(C(F)(F)F)[nH]n4)cc3)sc2c1. The maximum Gasteiger partial charge on any atom is 0.432 e. The van der Waals surface area contributed by atoms with E-state index in [4.69, 9.17) is 0 Å². The van der Waals surface area contributed by atoms with Gasteiger partial charge in [-0.15, -0.1) is 11.3 Å². The lowest BCUT2D eigenvalue weighted by Crippen LogP contribution is -2.12. The van der Waals surface area contributed by atoms with Crippen molar-refractivity contribution in [3.8, 4) is 10.6 Å². The van der Waals surface area contributed by atoms with Gasteiger partial charge in [0.25, 0.3) is 5.91 Å². The van der Waals surface area contributed by atoms with E-state index in [1.54, 1.807) is 35.6 Å². The molecule has 0 bridgehead atoms. The van der Waals surface area contributed by atoms with Crippen molar-refractivity contribution >= 4 is 33.1 Å². The van der Waals surface area contributed by atoms with Crippen molar-refractivity contribution in [2.75, 3.05) is 5.32 Å². The van der Waals surface area contributed by atoms with Gasteiger partial charge in [-0.3, -0.25) is 9.89 Å². The van der Waals surface area contributed by atoms with E-state index < -0.39 is 17.8 Å². The lowest BCUT2D eigenvalue weighted by atomic mass is 10.2.